The number of carbonyl (C=O) groups excluding carboxylic acids is 1. The highest BCUT2D eigenvalue weighted by atomic mass is 16.5. The number of ether oxygens (including phenoxy) is 1. The van der Waals surface area contributed by atoms with Gasteiger partial charge in [0.05, 0.1) is 17.7 Å². The Balaban J connectivity index is 1.21. The Morgan fingerprint density at radius 2 is 1.74 bits per heavy atom. The normalized spacial score (nSPS) is 18.1. The van der Waals surface area contributed by atoms with Crippen molar-refractivity contribution in [2.24, 2.45) is 11.3 Å². The molecule has 0 radical (unpaired) electrons. The lowest BCUT2D eigenvalue weighted by molar-refractivity contribution is 0.0589. The maximum Gasteiger partial charge on any atom is 0.254 e. The summed E-state index contributed by atoms with van der Waals surface area (Å²) in [5.74, 6) is 1.67. The fraction of sp³-hybridized carbons (Fsp3) is 0.448. The average Bonchev–Trinajstić information content (AvgIpc) is 3.24. The molecule has 0 bridgehead atoms. The van der Waals surface area contributed by atoms with E-state index in [1.54, 1.807) is 6.20 Å². The van der Waals surface area contributed by atoms with Gasteiger partial charge in [0, 0.05) is 43.3 Å². The predicted molar refractivity (Wildman–Crippen MR) is 136 cm³/mol. The van der Waals surface area contributed by atoms with Gasteiger partial charge in [0.1, 0.15) is 5.75 Å². The second-order valence-corrected chi connectivity index (χ2v) is 10.4. The van der Waals surface area contributed by atoms with E-state index in [-0.39, 0.29) is 5.91 Å². The first-order chi connectivity index (χ1) is 16.5. The van der Waals surface area contributed by atoms with Crippen LogP contribution in [-0.2, 0) is 6.54 Å². The summed E-state index contributed by atoms with van der Waals surface area (Å²) in [4.78, 5) is 22.4. The van der Waals surface area contributed by atoms with Crippen molar-refractivity contribution in [2.75, 3.05) is 32.8 Å². The Labute approximate surface area is 202 Å². The summed E-state index contributed by atoms with van der Waals surface area (Å²) >= 11 is 0. The van der Waals surface area contributed by atoms with Crippen LogP contribution < -0.4 is 4.74 Å². The number of hydrogen-bond acceptors (Lipinski definition) is 4. The monoisotopic (exact) mass is 457 g/mol. The molecule has 0 unspecified atom stereocenters. The number of pyridine rings is 1. The standard InChI is InChI=1S/C29H35N3O2/c1-22(2)20-34-27-10-6-3-7-23(27)19-31-16-12-29(21-31)13-17-32(18-14-29)28(33)25-11-15-30-26-9-5-4-8-24(25)26/h3-11,15,22H,12-14,16-21H2,1-2H3. The molecule has 5 heteroatoms. The first-order valence-electron chi connectivity index (χ1n) is 12.6. The van der Waals surface area contributed by atoms with E-state index in [1.807, 2.05) is 35.2 Å². The molecule has 2 aromatic carbocycles. The molecule has 0 aliphatic carbocycles. The van der Waals surface area contributed by atoms with Gasteiger partial charge in [-0.3, -0.25) is 14.7 Å². The number of likely N-dealkylation sites (tertiary alicyclic amines) is 2. The van der Waals surface area contributed by atoms with Crippen LogP contribution >= 0.6 is 0 Å². The van der Waals surface area contributed by atoms with Gasteiger partial charge in [-0.15, -0.1) is 0 Å². The number of fused-ring (bicyclic) bond motifs is 1. The number of amides is 1. The topological polar surface area (TPSA) is 45.7 Å². The van der Waals surface area contributed by atoms with E-state index in [2.05, 4.69) is 48.0 Å². The van der Waals surface area contributed by atoms with Gasteiger partial charge in [0.2, 0.25) is 0 Å². The highest BCUT2D eigenvalue weighted by molar-refractivity contribution is 6.06. The van der Waals surface area contributed by atoms with Crippen molar-refractivity contribution in [1.82, 2.24) is 14.8 Å². The van der Waals surface area contributed by atoms with Crippen LogP contribution in [0.5, 0.6) is 5.75 Å². The zero-order valence-corrected chi connectivity index (χ0v) is 20.4. The highest BCUT2D eigenvalue weighted by Crippen LogP contribution is 2.41. The third-order valence-corrected chi connectivity index (χ3v) is 7.45. The lowest BCUT2D eigenvalue weighted by atomic mass is 9.77. The summed E-state index contributed by atoms with van der Waals surface area (Å²) in [6.45, 7) is 9.92. The Morgan fingerprint density at radius 1 is 1.00 bits per heavy atom. The number of benzene rings is 2. The molecular weight excluding hydrogens is 422 g/mol. The summed E-state index contributed by atoms with van der Waals surface area (Å²) < 4.78 is 6.08. The molecule has 1 amide bonds. The van der Waals surface area contributed by atoms with Crippen LogP contribution in [0.1, 0.15) is 49.0 Å². The molecule has 0 N–H and O–H groups in total. The first-order valence-corrected chi connectivity index (χ1v) is 12.6. The average molecular weight is 458 g/mol. The van der Waals surface area contributed by atoms with Gasteiger partial charge >= 0.3 is 0 Å². The van der Waals surface area contributed by atoms with E-state index in [0.717, 1.165) is 74.4 Å². The quantitative estimate of drug-likeness (QED) is 0.497. The van der Waals surface area contributed by atoms with Crippen LogP contribution in [0.25, 0.3) is 10.9 Å². The molecule has 3 aromatic rings. The van der Waals surface area contributed by atoms with Gasteiger partial charge in [0.25, 0.3) is 5.91 Å². The van der Waals surface area contributed by atoms with Crippen LogP contribution in [0, 0.1) is 11.3 Å². The Morgan fingerprint density at radius 3 is 2.56 bits per heavy atom. The smallest absolute Gasteiger partial charge is 0.254 e. The van der Waals surface area contributed by atoms with Gasteiger partial charge in [-0.25, -0.2) is 0 Å². The Bertz CT molecular complexity index is 1150. The number of nitrogens with zero attached hydrogens (tertiary/aromatic N) is 3. The minimum absolute atomic E-state index is 0.138. The van der Waals surface area contributed by atoms with Crippen molar-refractivity contribution in [3.8, 4) is 5.75 Å². The third-order valence-electron chi connectivity index (χ3n) is 7.45. The summed E-state index contributed by atoms with van der Waals surface area (Å²) in [5.41, 5.74) is 3.25. The highest BCUT2D eigenvalue weighted by Gasteiger charge is 2.41. The van der Waals surface area contributed by atoms with Crippen LogP contribution in [0.2, 0.25) is 0 Å². The van der Waals surface area contributed by atoms with E-state index in [9.17, 15) is 4.79 Å². The molecular formula is C29H35N3O2. The number of aromatic nitrogens is 1. The summed E-state index contributed by atoms with van der Waals surface area (Å²) in [6, 6.07) is 18.2. The first kappa shape index (κ1) is 22.9. The second-order valence-electron chi connectivity index (χ2n) is 10.4. The fourth-order valence-corrected chi connectivity index (χ4v) is 5.48. The van der Waals surface area contributed by atoms with Crippen molar-refractivity contribution >= 4 is 16.8 Å². The minimum atomic E-state index is 0.138. The van der Waals surface area contributed by atoms with Gasteiger partial charge < -0.3 is 9.64 Å². The van der Waals surface area contributed by atoms with E-state index < -0.39 is 0 Å². The number of hydrogen-bond donors (Lipinski definition) is 0. The number of piperidine rings is 1. The van der Waals surface area contributed by atoms with Crippen LogP contribution in [-0.4, -0.2) is 53.5 Å². The van der Waals surface area contributed by atoms with Gasteiger partial charge in [-0.1, -0.05) is 50.2 Å². The lowest BCUT2D eigenvalue weighted by Crippen LogP contribution is -2.44. The van der Waals surface area contributed by atoms with Crippen molar-refractivity contribution < 1.29 is 9.53 Å². The molecule has 34 heavy (non-hydrogen) atoms. The van der Waals surface area contributed by atoms with Gasteiger partial charge in [0.15, 0.2) is 0 Å². The van der Waals surface area contributed by atoms with E-state index >= 15 is 0 Å². The van der Waals surface area contributed by atoms with Crippen molar-refractivity contribution in [1.29, 1.82) is 0 Å². The Kier molecular flexibility index (Phi) is 6.55. The molecule has 0 atom stereocenters. The maximum atomic E-state index is 13.3. The summed E-state index contributed by atoms with van der Waals surface area (Å²) in [5, 5.41) is 0.945. The fourth-order valence-electron chi connectivity index (χ4n) is 5.48. The molecule has 2 aliphatic heterocycles. The number of rotatable bonds is 6. The molecule has 2 aliphatic rings. The molecule has 0 saturated carbocycles. The minimum Gasteiger partial charge on any atom is -0.493 e. The van der Waals surface area contributed by atoms with Crippen molar-refractivity contribution in [3.63, 3.8) is 0 Å². The summed E-state index contributed by atoms with van der Waals surface area (Å²) in [7, 11) is 0. The van der Waals surface area contributed by atoms with Crippen LogP contribution in [0.3, 0.4) is 0 Å². The molecule has 3 heterocycles. The third kappa shape index (κ3) is 4.80. The zero-order valence-electron chi connectivity index (χ0n) is 20.4. The lowest BCUT2D eigenvalue weighted by Gasteiger charge is -2.39. The number of carbonyl (C=O) groups is 1. The molecule has 1 spiro atoms. The van der Waals surface area contributed by atoms with Crippen LogP contribution in [0.15, 0.2) is 60.8 Å². The zero-order chi connectivity index (χ0) is 23.5. The largest absolute Gasteiger partial charge is 0.493 e. The van der Waals surface area contributed by atoms with E-state index in [4.69, 9.17) is 4.74 Å². The molecule has 1 aromatic heterocycles. The van der Waals surface area contributed by atoms with Gasteiger partial charge in [-0.2, -0.15) is 0 Å². The van der Waals surface area contributed by atoms with Gasteiger partial charge in [-0.05, 0) is 55.3 Å². The number of para-hydroxylation sites is 2. The molecule has 2 saturated heterocycles. The van der Waals surface area contributed by atoms with E-state index in [1.165, 1.54) is 12.0 Å². The maximum absolute atomic E-state index is 13.3. The summed E-state index contributed by atoms with van der Waals surface area (Å²) in [6.07, 6.45) is 5.11. The Hall–Kier alpha value is -2.92. The molecule has 5 rings (SSSR count). The molecule has 2 fully saturated rings. The van der Waals surface area contributed by atoms with E-state index in [0.29, 0.717) is 11.3 Å². The van der Waals surface area contributed by atoms with Crippen LogP contribution in [0.4, 0.5) is 0 Å². The molecule has 178 valence electrons. The molecule has 5 nitrogen and oxygen atoms in total. The predicted octanol–water partition coefficient (Wildman–Crippen LogP) is 5.40. The SMILES string of the molecule is CC(C)COc1ccccc1CN1CCC2(CCN(C(=O)c3ccnc4ccccc34)CC2)C1. The van der Waals surface area contributed by atoms with Crippen molar-refractivity contribution in [3.05, 3.63) is 71.9 Å². The second kappa shape index (κ2) is 9.75. The van der Waals surface area contributed by atoms with Crippen molar-refractivity contribution in [2.45, 2.75) is 39.7 Å².